The zero-order valence-corrected chi connectivity index (χ0v) is 14.5. The van der Waals surface area contributed by atoms with Crippen molar-refractivity contribution in [3.63, 3.8) is 0 Å². The van der Waals surface area contributed by atoms with Crippen molar-refractivity contribution in [2.24, 2.45) is 0 Å². The van der Waals surface area contributed by atoms with Crippen LogP contribution in [0.2, 0.25) is 0 Å². The van der Waals surface area contributed by atoms with E-state index in [0.717, 1.165) is 17.7 Å². The molecule has 2 heterocycles. The van der Waals surface area contributed by atoms with Crippen LogP contribution in [0.4, 0.5) is 0 Å². The SMILES string of the molecule is CCOc1ccc(C(c2ccco2)N2CCCC2C(=O)O)cc1OC. The monoisotopic (exact) mass is 345 g/mol. The Morgan fingerprint density at radius 2 is 2.24 bits per heavy atom. The van der Waals surface area contributed by atoms with Gasteiger partial charge < -0.3 is 19.0 Å². The van der Waals surface area contributed by atoms with Gasteiger partial charge in [0.15, 0.2) is 11.5 Å². The summed E-state index contributed by atoms with van der Waals surface area (Å²) >= 11 is 0. The summed E-state index contributed by atoms with van der Waals surface area (Å²) < 4.78 is 16.7. The Labute approximate surface area is 147 Å². The highest BCUT2D eigenvalue weighted by molar-refractivity contribution is 5.74. The number of hydrogen-bond donors (Lipinski definition) is 1. The van der Waals surface area contributed by atoms with Crippen LogP contribution in [0.15, 0.2) is 41.0 Å². The highest BCUT2D eigenvalue weighted by Crippen LogP contribution is 2.38. The molecule has 0 amide bonds. The molecule has 134 valence electrons. The molecule has 0 spiro atoms. The average Bonchev–Trinajstić information content (AvgIpc) is 3.29. The molecule has 1 aliphatic rings. The Kier molecular flexibility index (Phi) is 5.28. The van der Waals surface area contributed by atoms with Gasteiger partial charge in [0.05, 0.1) is 26.0 Å². The van der Waals surface area contributed by atoms with Gasteiger partial charge >= 0.3 is 5.97 Å². The minimum absolute atomic E-state index is 0.275. The van der Waals surface area contributed by atoms with Crippen LogP contribution in [0.25, 0.3) is 0 Å². The van der Waals surface area contributed by atoms with E-state index in [1.165, 1.54) is 0 Å². The van der Waals surface area contributed by atoms with Crippen molar-refractivity contribution in [2.75, 3.05) is 20.3 Å². The molecule has 3 rings (SSSR count). The van der Waals surface area contributed by atoms with Crippen molar-refractivity contribution in [3.8, 4) is 11.5 Å². The summed E-state index contributed by atoms with van der Waals surface area (Å²) in [6.07, 6.45) is 3.10. The van der Waals surface area contributed by atoms with Crippen LogP contribution in [0, 0.1) is 0 Å². The molecule has 1 aromatic heterocycles. The van der Waals surface area contributed by atoms with E-state index < -0.39 is 12.0 Å². The Hall–Kier alpha value is -2.47. The van der Waals surface area contributed by atoms with Crippen molar-refractivity contribution in [3.05, 3.63) is 47.9 Å². The number of nitrogens with zero attached hydrogens (tertiary/aromatic N) is 1. The lowest BCUT2D eigenvalue weighted by Crippen LogP contribution is -2.39. The van der Waals surface area contributed by atoms with Gasteiger partial charge in [0.25, 0.3) is 0 Å². The molecule has 1 fully saturated rings. The van der Waals surface area contributed by atoms with E-state index in [0.29, 0.717) is 31.1 Å². The van der Waals surface area contributed by atoms with E-state index in [1.54, 1.807) is 13.4 Å². The van der Waals surface area contributed by atoms with E-state index >= 15 is 0 Å². The first-order valence-electron chi connectivity index (χ1n) is 8.48. The standard InChI is InChI=1S/C19H23NO5/c1-3-24-15-9-8-13(12-17(15)23-2)18(16-7-5-11-25-16)20-10-4-6-14(20)19(21)22/h5,7-9,11-12,14,18H,3-4,6,10H2,1-2H3,(H,21,22). The van der Waals surface area contributed by atoms with E-state index in [1.807, 2.05) is 42.2 Å². The maximum absolute atomic E-state index is 11.7. The minimum Gasteiger partial charge on any atom is -0.493 e. The number of benzene rings is 1. The van der Waals surface area contributed by atoms with Crippen molar-refractivity contribution in [2.45, 2.75) is 31.8 Å². The summed E-state index contributed by atoms with van der Waals surface area (Å²) in [7, 11) is 1.60. The van der Waals surface area contributed by atoms with Gasteiger partial charge in [-0.05, 0) is 49.6 Å². The van der Waals surface area contributed by atoms with Crippen molar-refractivity contribution < 1.29 is 23.8 Å². The molecule has 0 bridgehead atoms. The number of hydrogen-bond acceptors (Lipinski definition) is 5. The molecule has 2 aromatic rings. The Balaban J connectivity index is 2.02. The van der Waals surface area contributed by atoms with Gasteiger partial charge in [-0.15, -0.1) is 0 Å². The van der Waals surface area contributed by atoms with E-state index in [-0.39, 0.29) is 6.04 Å². The number of likely N-dealkylation sites (tertiary alicyclic amines) is 1. The van der Waals surface area contributed by atoms with E-state index in [2.05, 4.69) is 0 Å². The fourth-order valence-corrected chi connectivity index (χ4v) is 3.46. The molecule has 6 heteroatoms. The van der Waals surface area contributed by atoms with E-state index in [9.17, 15) is 9.90 Å². The topological polar surface area (TPSA) is 72.1 Å². The lowest BCUT2D eigenvalue weighted by molar-refractivity contribution is -0.142. The zero-order chi connectivity index (χ0) is 17.8. The Morgan fingerprint density at radius 1 is 1.40 bits per heavy atom. The number of carboxylic acid groups (broad SMARTS) is 1. The molecular weight excluding hydrogens is 322 g/mol. The molecule has 1 N–H and O–H groups in total. The van der Waals surface area contributed by atoms with Crippen LogP contribution in [0.1, 0.15) is 37.1 Å². The van der Waals surface area contributed by atoms with Crippen LogP contribution < -0.4 is 9.47 Å². The molecule has 2 atom stereocenters. The van der Waals surface area contributed by atoms with Gasteiger partial charge in [-0.25, -0.2) is 0 Å². The van der Waals surface area contributed by atoms with Crippen molar-refractivity contribution in [1.29, 1.82) is 0 Å². The normalized spacial score (nSPS) is 18.9. The fourth-order valence-electron chi connectivity index (χ4n) is 3.46. The first-order valence-corrected chi connectivity index (χ1v) is 8.48. The predicted molar refractivity (Wildman–Crippen MR) is 92.1 cm³/mol. The number of rotatable bonds is 7. The van der Waals surface area contributed by atoms with Gasteiger partial charge in [-0.1, -0.05) is 6.07 Å². The molecule has 0 aliphatic carbocycles. The quantitative estimate of drug-likeness (QED) is 0.830. The first-order chi connectivity index (χ1) is 12.2. The van der Waals surface area contributed by atoms with Gasteiger partial charge in [0.1, 0.15) is 11.8 Å². The first kappa shape index (κ1) is 17.4. The number of aliphatic carboxylic acids is 1. The van der Waals surface area contributed by atoms with Crippen LogP contribution in [0.3, 0.4) is 0 Å². The van der Waals surface area contributed by atoms with Crippen LogP contribution in [-0.2, 0) is 4.79 Å². The zero-order valence-electron chi connectivity index (χ0n) is 14.5. The second-order valence-electron chi connectivity index (χ2n) is 6.00. The molecule has 0 saturated carbocycles. The molecule has 1 aromatic carbocycles. The van der Waals surface area contributed by atoms with Gasteiger partial charge in [0, 0.05) is 6.54 Å². The summed E-state index contributed by atoms with van der Waals surface area (Å²) in [5, 5.41) is 9.57. The third-order valence-electron chi connectivity index (χ3n) is 4.53. The molecule has 6 nitrogen and oxygen atoms in total. The second kappa shape index (κ2) is 7.61. The number of furan rings is 1. The maximum atomic E-state index is 11.7. The number of carboxylic acids is 1. The highest BCUT2D eigenvalue weighted by Gasteiger charge is 2.38. The molecule has 25 heavy (non-hydrogen) atoms. The van der Waals surface area contributed by atoms with E-state index in [4.69, 9.17) is 13.9 Å². The number of ether oxygens (including phenoxy) is 2. The number of carbonyl (C=O) groups is 1. The number of methoxy groups -OCH3 is 1. The van der Waals surface area contributed by atoms with Gasteiger partial charge in [0.2, 0.25) is 0 Å². The minimum atomic E-state index is -0.799. The largest absolute Gasteiger partial charge is 0.493 e. The second-order valence-corrected chi connectivity index (χ2v) is 6.00. The van der Waals surface area contributed by atoms with Gasteiger partial charge in [-0.2, -0.15) is 0 Å². The van der Waals surface area contributed by atoms with Crippen LogP contribution >= 0.6 is 0 Å². The lowest BCUT2D eigenvalue weighted by Gasteiger charge is -2.30. The maximum Gasteiger partial charge on any atom is 0.320 e. The molecule has 0 radical (unpaired) electrons. The average molecular weight is 345 g/mol. The third-order valence-corrected chi connectivity index (χ3v) is 4.53. The van der Waals surface area contributed by atoms with Crippen molar-refractivity contribution in [1.82, 2.24) is 4.90 Å². The molecular formula is C19H23NO5. The predicted octanol–water partition coefficient (Wildman–Crippen LogP) is 3.33. The fraction of sp³-hybridized carbons (Fsp3) is 0.421. The third kappa shape index (κ3) is 3.49. The summed E-state index contributed by atoms with van der Waals surface area (Å²) in [4.78, 5) is 13.6. The summed E-state index contributed by atoms with van der Waals surface area (Å²) in [6, 6.07) is 8.60. The van der Waals surface area contributed by atoms with Gasteiger partial charge in [-0.3, -0.25) is 9.69 Å². The lowest BCUT2D eigenvalue weighted by atomic mass is 10.0. The summed E-state index contributed by atoms with van der Waals surface area (Å²) in [5.74, 6) is 1.22. The highest BCUT2D eigenvalue weighted by atomic mass is 16.5. The van der Waals surface area contributed by atoms with Crippen molar-refractivity contribution >= 4 is 5.97 Å². The molecule has 1 aliphatic heterocycles. The molecule has 1 saturated heterocycles. The molecule has 2 unspecified atom stereocenters. The van der Waals surface area contributed by atoms with Crippen LogP contribution in [0.5, 0.6) is 11.5 Å². The van der Waals surface area contributed by atoms with Crippen LogP contribution in [-0.4, -0.2) is 42.3 Å². The smallest absolute Gasteiger partial charge is 0.320 e. The Bertz CT molecular complexity index is 713. The summed E-state index contributed by atoms with van der Waals surface area (Å²) in [5.41, 5.74) is 0.920. The Morgan fingerprint density at radius 3 is 2.88 bits per heavy atom. The summed E-state index contributed by atoms with van der Waals surface area (Å²) in [6.45, 7) is 3.17.